The smallest absolute Gasteiger partial charge is 0.342 e. The zero-order valence-electron chi connectivity index (χ0n) is 15.5. The maximum Gasteiger partial charge on any atom is 0.342 e. The van der Waals surface area contributed by atoms with Crippen molar-refractivity contribution < 1.29 is 18.7 Å². The maximum absolute atomic E-state index is 12.7. The van der Waals surface area contributed by atoms with Crippen molar-refractivity contribution in [3.63, 3.8) is 0 Å². The molecule has 0 aromatic carbocycles. The van der Waals surface area contributed by atoms with Gasteiger partial charge >= 0.3 is 5.97 Å². The normalized spacial score (nSPS) is 10.9. The number of amides is 1. The Balaban J connectivity index is 2.18. The highest BCUT2D eigenvalue weighted by Crippen LogP contribution is 2.21. The number of furan rings is 1. The number of rotatable bonds is 9. The first-order valence-corrected chi connectivity index (χ1v) is 8.91. The molecule has 2 aromatic heterocycles. The van der Waals surface area contributed by atoms with Gasteiger partial charge in [-0.3, -0.25) is 14.2 Å². The lowest BCUT2D eigenvalue weighted by Gasteiger charge is -2.07. The van der Waals surface area contributed by atoms with E-state index in [1.54, 1.807) is 13.8 Å². The van der Waals surface area contributed by atoms with Crippen molar-refractivity contribution in [2.75, 3.05) is 13.2 Å². The number of carbonyl (C=O) groups is 2. The van der Waals surface area contributed by atoms with Gasteiger partial charge in [-0.2, -0.15) is 0 Å². The molecule has 142 valence electrons. The van der Waals surface area contributed by atoms with E-state index in [0.29, 0.717) is 6.54 Å². The minimum absolute atomic E-state index is 0.0409. The maximum atomic E-state index is 12.7. The highest BCUT2D eigenvalue weighted by atomic mass is 16.5. The molecule has 8 heteroatoms. The van der Waals surface area contributed by atoms with Gasteiger partial charge in [0, 0.05) is 6.54 Å². The molecule has 0 saturated heterocycles. The third kappa shape index (κ3) is 4.50. The van der Waals surface area contributed by atoms with Crippen molar-refractivity contribution in [1.29, 1.82) is 0 Å². The summed E-state index contributed by atoms with van der Waals surface area (Å²) in [6, 6.07) is 0. The second-order valence-electron chi connectivity index (χ2n) is 6.02. The fourth-order valence-corrected chi connectivity index (χ4v) is 2.69. The van der Waals surface area contributed by atoms with E-state index in [4.69, 9.17) is 9.15 Å². The molecule has 0 spiro atoms. The van der Waals surface area contributed by atoms with E-state index in [1.165, 1.54) is 10.9 Å². The van der Waals surface area contributed by atoms with Gasteiger partial charge in [0.05, 0.1) is 6.61 Å². The third-order valence-corrected chi connectivity index (χ3v) is 4.00. The van der Waals surface area contributed by atoms with Crippen LogP contribution in [0.2, 0.25) is 0 Å². The zero-order valence-corrected chi connectivity index (χ0v) is 15.5. The van der Waals surface area contributed by atoms with E-state index in [9.17, 15) is 14.4 Å². The van der Waals surface area contributed by atoms with Gasteiger partial charge in [0.25, 0.3) is 5.56 Å². The summed E-state index contributed by atoms with van der Waals surface area (Å²) < 4.78 is 11.5. The number of nitrogens with one attached hydrogen (secondary N) is 1. The van der Waals surface area contributed by atoms with Gasteiger partial charge in [0.1, 0.15) is 29.6 Å². The molecule has 0 unspecified atom stereocenters. The lowest BCUT2D eigenvalue weighted by atomic mass is 10.2. The Bertz CT molecular complexity index is 837. The largest absolute Gasteiger partial charge is 0.462 e. The number of esters is 1. The zero-order chi connectivity index (χ0) is 19.1. The number of unbranched alkanes of at least 4 members (excludes halogenated alkanes) is 3. The third-order valence-electron chi connectivity index (χ3n) is 4.00. The van der Waals surface area contributed by atoms with Crippen molar-refractivity contribution in [2.24, 2.45) is 0 Å². The fraction of sp³-hybridized carbons (Fsp3) is 0.556. The number of ether oxygens (including phenoxy) is 1. The SMILES string of the molecule is CCCCCCNC(=O)Cn1cnc2oc(C)c(C(=O)OCC)c2c1=O. The number of carbonyl (C=O) groups excluding carboxylic acids is 2. The number of hydrogen-bond donors (Lipinski definition) is 1. The molecule has 0 fully saturated rings. The molecular weight excluding hydrogens is 338 g/mol. The van der Waals surface area contributed by atoms with Crippen LogP contribution in [-0.2, 0) is 16.1 Å². The monoisotopic (exact) mass is 363 g/mol. The van der Waals surface area contributed by atoms with Gasteiger partial charge in [0.2, 0.25) is 11.6 Å². The summed E-state index contributed by atoms with van der Waals surface area (Å²) >= 11 is 0. The molecule has 1 amide bonds. The summed E-state index contributed by atoms with van der Waals surface area (Å²) in [6.07, 6.45) is 5.47. The van der Waals surface area contributed by atoms with Crippen LogP contribution in [0.25, 0.3) is 11.1 Å². The second kappa shape index (κ2) is 9.17. The van der Waals surface area contributed by atoms with Gasteiger partial charge in [0.15, 0.2) is 0 Å². The Hall–Kier alpha value is -2.64. The van der Waals surface area contributed by atoms with Crippen LogP contribution in [0, 0.1) is 6.92 Å². The van der Waals surface area contributed by atoms with E-state index in [-0.39, 0.29) is 41.5 Å². The molecular formula is C18H25N3O5. The fourth-order valence-electron chi connectivity index (χ4n) is 2.69. The van der Waals surface area contributed by atoms with E-state index in [0.717, 1.165) is 25.7 Å². The average molecular weight is 363 g/mol. The predicted molar refractivity (Wildman–Crippen MR) is 96.1 cm³/mol. The summed E-state index contributed by atoms with van der Waals surface area (Å²) in [4.78, 5) is 40.9. The molecule has 2 heterocycles. The lowest BCUT2D eigenvalue weighted by molar-refractivity contribution is -0.121. The van der Waals surface area contributed by atoms with Gasteiger partial charge in [-0.05, 0) is 20.3 Å². The number of aromatic nitrogens is 2. The van der Waals surface area contributed by atoms with E-state index in [1.807, 2.05) is 0 Å². The number of aryl methyl sites for hydroxylation is 1. The van der Waals surface area contributed by atoms with Crippen molar-refractivity contribution in [2.45, 2.75) is 53.0 Å². The van der Waals surface area contributed by atoms with Crippen molar-refractivity contribution in [1.82, 2.24) is 14.9 Å². The van der Waals surface area contributed by atoms with Crippen LogP contribution in [0.3, 0.4) is 0 Å². The minimum atomic E-state index is -0.638. The summed E-state index contributed by atoms with van der Waals surface area (Å²) in [7, 11) is 0. The van der Waals surface area contributed by atoms with Crippen molar-refractivity contribution >= 4 is 23.0 Å². The molecule has 0 aliphatic carbocycles. The van der Waals surface area contributed by atoms with Gasteiger partial charge in [-0.25, -0.2) is 9.78 Å². The summed E-state index contributed by atoms with van der Waals surface area (Å²) in [6.45, 7) is 5.96. The molecule has 0 radical (unpaired) electrons. The van der Waals surface area contributed by atoms with Crippen molar-refractivity contribution in [3.05, 3.63) is 28.0 Å². The molecule has 0 aliphatic rings. The van der Waals surface area contributed by atoms with Crippen LogP contribution in [0.5, 0.6) is 0 Å². The Morgan fingerprint density at radius 1 is 1.27 bits per heavy atom. The first-order chi connectivity index (χ1) is 12.5. The molecule has 0 atom stereocenters. The Morgan fingerprint density at radius 3 is 2.73 bits per heavy atom. The van der Waals surface area contributed by atoms with E-state index >= 15 is 0 Å². The molecule has 2 rings (SSSR count). The standard InChI is InChI=1S/C18H25N3O5/c1-4-6-7-8-9-19-13(22)10-21-11-20-16-15(17(21)23)14(12(3)26-16)18(24)25-5-2/h11H,4-10H2,1-3H3,(H,19,22). The molecule has 8 nitrogen and oxygen atoms in total. The molecule has 26 heavy (non-hydrogen) atoms. The number of fused-ring (bicyclic) bond motifs is 1. The van der Waals surface area contributed by atoms with Crippen molar-refractivity contribution in [3.8, 4) is 0 Å². The number of hydrogen-bond acceptors (Lipinski definition) is 6. The van der Waals surface area contributed by atoms with E-state index in [2.05, 4.69) is 17.2 Å². The molecule has 0 bridgehead atoms. The van der Waals surface area contributed by atoms with Crippen LogP contribution >= 0.6 is 0 Å². The average Bonchev–Trinajstić information content (AvgIpc) is 2.94. The van der Waals surface area contributed by atoms with Crippen LogP contribution in [0.1, 0.15) is 55.6 Å². The van der Waals surface area contributed by atoms with Gasteiger partial charge < -0.3 is 14.5 Å². The molecule has 0 aliphatic heterocycles. The van der Waals surface area contributed by atoms with Gasteiger partial charge in [-0.1, -0.05) is 26.2 Å². The van der Waals surface area contributed by atoms with E-state index < -0.39 is 11.5 Å². The second-order valence-corrected chi connectivity index (χ2v) is 6.02. The molecule has 1 N–H and O–H groups in total. The predicted octanol–water partition coefficient (Wildman–Crippen LogP) is 2.17. The molecule has 0 saturated carbocycles. The first kappa shape index (κ1) is 19.7. The summed E-state index contributed by atoms with van der Waals surface area (Å²) in [5.41, 5.74) is -0.378. The summed E-state index contributed by atoms with van der Waals surface area (Å²) in [5, 5.41) is 2.83. The highest BCUT2D eigenvalue weighted by Gasteiger charge is 2.24. The Labute approximate surface area is 151 Å². The number of nitrogens with zero attached hydrogens (tertiary/aromatic N) is 2. The first-order valence-electron chi connectivity index (χ1n) is 8.91. The highest BCUT2D eigenvalue weighted by molar-refractivity contribution is 6.03. The van der Waals surface area contributed by atoms with Gasteiger partial charge in [-0.15, -0.1) is 0 Å². The topological polar surface area (TPSA) is 103 Å². The Kier molecular flexibility index (Phi) is 6.94. The lowest BCUT2D eigenvalue weighted by Crippen LogP contribution is -2.33. The van der Waals surface area contributed by atoms with Crippen LogP contribution < -0.4 is 10.9 Å². The van der Waals surface area contributed by atoms with Crippen LogP contribution in [0.4, 0.5) is 0 Å². The minimum Gasteiger partial charge on any atom is -0.462 e. The summed E-state index contributed by atoms with van der Waals surface area (Å²) in [5.74, 6) is -0.649. The molecule has 2 aromatic rings. The van der Waals surface area contributed by atoms with Crippen LogP contribution in [-0.4, -0.2) is 34.6 Å². The quantitative estimate of drug-likeness (QED) is 0.541. The Morgan fingerprint density at radius 2 is 2.04 bits per heavy atom. The van der Waals surface area contributed by atoms with Crippen LogP contribution in [0.15, 0.2) is 15.5 Å².